The number of piperidine rings is 3. The van der Waals surface area contributed by atoms with Gasteiger partial charge >= 0.3 is 0 Å². The fourth-order valence-electron chi connectivity index (χ4n) is 4.05. The van der Waals surface area contributed by atoms with Crippen molar-refractivity contribution in [2.24, 2.45) is 11.8 Å². The quantitative estimate of drug-likeness (QED) is 0.723. The van der Waals surface area contributed by atoms with Gasteiger partial charge < -0.3 is 5.32 Å². The number of hydrogen-bond donors (Lipinski definition) is 2. The second kappa shape index (κ2) is 6.22. The summed E-state index contributed by atoms with van der Waals surface area (Å²) in [6, 6.07) is -0.0720. The number of imide groups is 1. The molecule has 3 aliphatic rings. The third-order valence-corrected chi connectivity index (χ3v) is 5.19. The minimum Gasteiger partial charge on any atom is -0.317 e. The van der Waals surface area contributed by atoms with Crippen LogP contribution in [0.1, 0.15) is 38.5 Å². The molecule has 2 amide bonds. The van der Waals surface area contributed by atoms with E-state index in [1.165, 1.54) is 25.7 Å². The molecule has 0 bridgehead atoms. The van der Waals surface area contributed by atoms with E-state index in [2.05, 4.69) is 15.5 Å². The molecule has 3 aliphatic heterocycles. The molecule has 0 aliphatic carbocycles. The van der Waals surface area contributed by atoms with Gasteiger partial charge in [-0.25, -0.2) is 0 Å². The maximum absolute atomic E-state index is 12.0. The number of carbonyl (C=O) groups excluding carboxylic acids is 2. The van der Waals surface area contributed by atoms with Gasteiger partial charge in [0, 0.05) is 13.0 Å². The Morgan fingerprint density at radius 3 is 2.55 bits per heavy atom. The molecule has 3 rings (SSSR count). The minimum atomic E-state index is -0.113. The van der Waals surface area contributed by atoms with E-state index in [1.807, 2.05) is 0 Å². The van der Waals surface area contributed by atoms with E-state index in [-0.39, 0.29) is 17.9 Å². The molecule has 5 heteroatoms. The Hall–Kier alpha value is -0.940. The first-order valence-electron chi connectivity index (χ1n) is 8.02. The Morgan fingerprint density at radius 2 is 1.80 bits per heavy atom. The third-order valence-electron chi connectivity index (χ3n) is 5.19. The van der Waals surface area contributed by atoms with Crippen molar-refractivity contribution in [3.63, 3.8) is 0 Å². The summed E-state index contributed by atoms with van der Waals surface area (Å²) in [5, 5.41) is 5.92. The standard InChI is InChI=1S/C15H25N3O2/c19-14-4-3-13(15(20)17-14)18-9-1-2-12(10-18)11-5-7-16-8-6-11/h11-13,16H,1-10H2,(H,17,19,20). The summed E-state index contributed by atoms with van der Waals surface area (Å²) in [7, 11) is 0. The van der Waals surface area contributed by atoms with E-state index < -0.39 is 0 Å². The second-order valence-electron chi connectivity index (χ2n) is 6.45. The predicted molar refractivity (Wildman–Crippen MR) is 76.1 cm³/mol. The minimum absolute atomic E-state index is 0.0720. The van der Waals surface area contributed by atoms with E-state index in [0.717, 1.165) is 38.0 Å². The van der Waals surface area contributed by atoms with Gasteiger partial charge in [0.1, 0.15) is 0 Å². The molecule has 0 radical (unpaired) electrons. The zero-order chi connectivity index (χ0) is 13.9. The molecule has 2 atom stereocenters. The average molecular weight is 279 g/mol. The van der Waals surface area contributed by atoms with Crippen LogP contribution in [0.5, 0.6) is 0 Å². The molecular weight excluding hydrogens is 254 g/mol. The first-order valence-corrected chi connectivity index (χ1v) is 8.02. The summed E-state index contributed by atoms with van der Waals surface area (Å²) >= 11 is 0. The first kappa shape index (κ1) is 14.0. The number of nitrogens with one attached hydrogen (secondary N) is 2. The Balaban J connectivity index is 1.59. The number of nitrogens with zero attached hydrogens (tertiary/aromatic N) is 1. The van der Waals surface area contributed by atoms with Crippen molar-refractivity contribution in [1.29, 1.82) is 0 Å². The molecule has 0 aromatic carbocycles. The van der Waals surface area contributed by atoms with Crippen LogP contribution in [0.15, 0.2) is 0 Å². The zero-order valence-corrected chi connectivity index (χ0v) is 12.1. The smallest absolute Gasteiger partial charge is 0.243 e. The van der Waals surface area contributed by atoms with Crippen molar-refractivity contribution in [1.82, 2.24) is 15.5 Å². The van der Waals surface area contributed by atoms with E-state index in [0.29, 0.717) is 12.8 Å². The molecule has 3 heterocycles. The van der Waals surface area contributed by atoms with E-state index in [4.69, 9.17) is 0 Å². The Labute approximate surface area is 120 Å². The third kappa shape index (κ3) is 3.04. The van der Waals surface area contributed by atoms with Gasteiger partial charge in [-0.2, -0.15) is 0 Å². The normalized spacial score (nSPS) is 34.0. The number of amides is 2. The number of carbonyl (C=O) groups is 2. The van der Waals surface area contributed by atoms with Gasteiger partial charge in [0.2, 0.25) is 11.8 Å². The monoisotopic (exact) mass is 279 g/mol. The van der Waals surface area contributed by atoms with E-state index >= 15 is 0 Å². The lowest BCUT2D eigenvalue weighted by Crippen LogP contribution is -2.55. The van der Waals surface area contributed by atoms with Crippen LogP contribution in [-0.2, 0) is 9.59 Å². The van der Waals surface area contributed by atoms with Crippen LogP contribution in [-0.4, -0.2) is 48.9 Å². The summed E-state index contributed by atoms with van der Waals surface area (Å²) < 4.78 is 0. The predicted octanol–water partition coefficient (Wildman–Crippen LogP) is 0.503. The van der Waals surface area contributed by atoms with E-state index in [9.17, 15) is 9.59 Å². The molecule has 2 unspecified atom stereocenters. The van der Waals surface area contributed by atoms with Gasteiger partial charge in [0.05, 0.1) is 6.04 Å². The fraction of sp³-hybridized carbons (Fsp3) is 0.867. The summed E-state index contributed by atoms with van der Waals surface area (Å²) in [6.07, 6.45) is 6.22. The maximum atomic E-state index is 12.0. The average Bonchev–Trinajstić information content (AvgIpc) is 2.48. The van der Waals surface area contributed by atoms with Gasteiger partial charge in [0.25, 0.3) is 0 Å². The highest BCUT2D eigenvalue weighted by Gasteiger charge is 2.36. The van der Waals surface area contributed by atoms with Crippen LogP contribution >= 0.6 is 0 Å². The largest absolute Gasteiger partial charge is 0.317 e. The van der Waals surface area contributed by atoms with Crippen molar-refractivity contribution in [2.45, 2.75) is 44.6 Å². The molecule has 0 aromatic heterocycles. The molecule has 3 fully saturated rings. The summed E-state index contributed by atoms with van der Waals surface area (Å²) in [5.74, 6) is 1.36. The van der Waals surface area contributed by atoms with Crippen LogP contribution < -0.4 is 10.6 Å². The van der Waals surface area contributed by atoms with Gasteiger partial charge in [-0.3, -0.25) is 19.8 Å². The topological polar surface area (TPSA) is 61.4 Å². The fourth-order valence-corrected chi connectivity index (χ4v) is 4.05. The number of likely N-dealkylation sites (tertiary alicyclic amines) is 1. The Kier molecular flexibility index (Phi) is 4.36. The lowest BCUT2D eigenvalue weighted by atomic mass is 9.79. The Bertz CT molecular complexity index is 379. The van der Waals surface area contributed by atoms with Crippen LogP contribution in [0, 0.1) is 11.8 Å². The maximum Gasteiger partial charge on any atom is 0.243 e. The molecule has 0 spiro atoms. The zero-order valence-electron chi connectivity index (χ0n) is 12.1. The van der Waals surface area contributed by atoms with Crippen molar-refractivity contribution in [3.05, 3.63) is 0 Å². The molecule has 2 N–H and O–H groups in total. The number of rotatable bonds is 2. The highest BCUT2D eigenvalue weighted by atomic mass is 16.2. The number of hydrogen-bond acceptors (Lipinski definition) is 4. The lowest BCUT2D eigenvalue weighted by Gasteiger charge is -2.42. The molecule has 112 valence electrons. The Morgan fingerprint density at radius 1 is 1.00 bits per heavy atom. The van der Waals surface area contributed by atoms with Crippen molar-refractivity contribution < 1.29 is 9.59 Å². The molecule has 3 saturated heterocycles. The van der Waals surface area contributed by atoms with Crippen LogP contribution in [0.25, 0.3) is 0 Å². The molecular formula is C15H25N3O2. The molecule has 0 aromatic rings. The van der Waals surface area contributed by atoms with Crippen molar-refractivity contribution in [2.75, 3.05) is 26.2 Å². The summed E-state index contributed by atoms with van der Waals surface area (Å²) in [5.41, 5.74) is 0. The highest BCUT2D eigenvalue weighted by molar-refractivity contribution is 6.00. The van der Waals surface area contributed by atoms with Crippen LogP contribution in [0.4, 0.5) is 0 Å². The molecule has 5 nitrogen and oxygen atoms in total. The highest BCUT2D eigenvalue weighted by Crippen LogP contribution is 2.31. The lowest BCUT2D eigenvalue weighted by molar-refractivity contribution is -0.138. The van der Waals surface area contributed by atoms with Gasteiger partial charge in [-0.15, -0.1) is 0 Å². The first-order chi connectivity index (χ1) is 9.74. The van der Waals surface area contributed by atoms with Gasteiger partial charge in [-0.1, -0.05) is 0 Å². The SMILES string of the molecule is O=C1CCC(N2CCCC(C3CCNCC3)C2)C(=O)N1. The van der Waals surface area contributed by atoms with Crippen LogP contribution in [0.3, 0.4) is 0 Å². The molecule has 20 heavy (non-hydrogen) atoms. The van der Waals surface area contributed by atoms with E-state index in [1.54, 1.807) is 0 Å². The second-order valence-corrected chi connectivity index (χ2v) is 6.45. The summed E-state index contributed by atoms with van der Waals surface area (Å²) in [6.45, 7) is 4.32. The van der Waals surface area contributed by atoms with Crippen LogP contribution in [0.2, 0.25) is 0 Å². The molecule has 0 saturated carbocycles. The van der Waals surface area contributed by atoms with Gasteiger partial charge in [-0.05, 0) is 63.6 Å². The van der Waals surface area contributed by atoms with Gasteiger partial charge in [0.15, 0.2) is 0 Å². The van der Waals surface area contributed by atoms with Crippen molar-refractivity contribution in [3.8, 4) is 0 Å². The summed E-state index contributed by atoms with van der Waals surface area (Å²) in [4.78, 5) is 25.6. The van der Waals surface area contributed by atoms with Crippen molar-refractivity contribution >= 4 is 11.8 Å².